The Morgan fingerprint density at radius 3 is 2.54 bits per heavy atom. The first-order chi connectivity index (χ1) is 13.1. The topological polar surface area (TPSA) is 135 Å². The molecule has 0 saturated carbocycles. The number of carbonyl (C=O) groups is 2. The maximum absolute atomic E-state index is 14.1. The molecule has 1 amide bonds. The van der Waals surface area contributed by atoms with Crippen molar-refractivity contribution in [1.82, 2.24) is 10.3 Å². The van der Waals surface area contributed by atoms with E-state index in [0.29, 0.717) is 11.5 Å². The molecule has 0 unspecified atom stereocenters. The van der Waals surface area contributed by atoms with E-state index in [1.54, 1.807) is 13.8 Å². The molecule has 0 radical (unpaired) electrons. The van der Waals surface area contributed by atoms with Gasteiger partial charge in [-0.1, -0.05) is 0 Å². The average Bonchev–Trinajstić information content (AvgIpc) is 2.96. The van der Waals surface area contributed by atoms with Crippen molar-refractivity contribution in [2.75, 3.05) is 6.61 Å². The van der Waals surface area contributed by atoms with Gasteiger partial charge in [0.1, 0.15) is 11.5 Å². The zero-order chi connectivity index (χ0) is 20.9. The Bertz CT molecular complexity index is 985. The van der Waals surface area contributed by atoms with Crippen LogP contribution >= 0.6 is 0 Å². The lowest BCUT2D eigenvalue weighted by atomic mass is 10.2. The second-order valence-electron chi connectivity index (χ2n) is 5.82. The molecule has 0 aliphatic heterocycles. The number of aliphatic carboxylic acids is 1. The van der Waals surface area contributed by atoms with Gasteiger partial charge in [-0.25, -0.2) is 12.8 Å². The first-order valence-corrected chi connectivity index (χ1v) is 9.62. The minimum absolute atomic E-state index is 0.0346. The molecule has 0 spiro atoms. The SMILES string of the molecule is Cc1cc(C(=O)NNS(=O)(=O)c2ccc(OCCCC(=O)O)c(F)c2)c(C)o1. The van der Waals surface area contributed by atoms with Gasteiger partial charge in [0.15, 0.2) is 11.6 Å². The number of hydrogen-bond acceptors (Lipinski definition) is 6. The zero-order valence-electron chi connectivity index (χ0n) is 15.1. The number of nitrogens with one attached hydrogen (secondary N) is 2. The third-order valence-electron chi connectivity index (χ3n) is 3.59. The number of furan rings is 1. The Hall–Kier alpha value is -2.92. The maximum Gasteiger partial charge on any atom is 0.303 e. The van der Waals surface area contributed by atoms with Gasteiger partial charge in [0, 0.05) is 6.42 Å². The smallest absolute Gasteiger partial charge is 0.303 e. The van der Waals surface area contributed by atoms with E-state index in [-0.39, 0.29) is 30.8 Å². The highest BCUT2D eigenvalue weighted by Crippen LogP contribution is 2.21. The number of carboxylic acids is 1. The Morgan fingerprint density at radius 2 is 1.96 bits per heavy atom. The predicted octanol–water partition coefficient (Wildman–Crippen LogP) is 1.90. The monoisotopic (exact) mass is 414 g/mol. The lowest BCUT2D eigenvalue weighted by Gasteiger charge is -2.10. The number of halogens is 1. The number of carbonyl (C=O) groups excluding carboxylic acids is 1. The Morgan fingerprint density at radius 1 is 1.25 bits per heavy atom. The predicted molar refractivity (Wildman–Crippen MR) is 94.7 cm³/mol. The van der Waals surface area contributed by atoms with Crippen LogP contribution in [0.5, 0.6) is 5.75 Å². The van der Waals surface area contributed by atoms with Gasteiger partial charge in [0.05, 0.1) is 17.1 Å². The van der Waals surface area contributed by atoms with Crippen molar-refractivity contribution >= 4 is 21.9 Å². The third-order valence-corrected chi connectivity index (χ3v) is 4.84. The number of aryl methyl sites for hydroxylation is 2. The van der Waals surface area contributed by atoms with Gasteiger partial charge in [-0.2, -0.15) is 0 Å². The molecule has 0 saturated heterocycles. The van der Waals surface area contributed by atoms with Crippen LogP contribution in [-0.4, -0.2) is 32.0 Å². The van der Waals surface area contributed by atoms with Crippen molar-refractivity contribution in [3.8, 4) is 5.75 Å². The van der Waals surface area contributed by atoms with E-state index in [1.165, 1.54) is 6.07 Å². The summed E-state index contributed by atoms with van der Waals surface area (Å²) in [4.78, 5) is 23.9. The van der Waals surface area contributed by atoms with Gasteiger partial charge in [0.2, 0.25) is 0 Å². The van der Waals surface area contributed by atoms with E-state index >= 15 is 0 Å². The molecule has 9 nitrogen and oxygen atoms in total. The summed E-state index contributed by atoms with van der Waals surface area (Å²) in [5.74, 6) is -2.06. The van der Waals surface area contributed by atoms with Gasteiger partial charge in [-0.05, 0) is 44.5 Å². The Labute approximate surface area is 160 Å². The molecule has 0 aliphatic rings. The van der Waals surface area contributed by atoms with Gasteiger partial charge < -0.3 is 14.3 Å². The first kappa shape index (κ1) is 21.4. The summed E-state index contributed by atoms with van der Waals surface area (Å²) in [6.45, 7) is 3.16. The number of amides is 1. The molecule has 0 atom stereocenters. The molecule has 2 aromatic rings. The van der Waals surface area contributed by atoms with E-state index < -0.39 is 32.6 Å². The van der Waals surface area contributed by atoms with Crippen molar-refractivity contribution in [2.45, 2.75) is 31.6 Å². The number of ether oxygens (including phenoxy) is 1. The molecule has 3 N–H and O–H groups in total. The van der Waals surface area contributed by atoms with Crippen LogP contribution in [0.3, 0.4) is 0 Å². The molecular weight excluding hydrogens is 395 g/mol. The third kappa shape index (κ3) is 5.54. The fourth-order valence-electron chi connectivity index (χ4n) is 2.27. The molecule has 0 bridgehead atoms. The number of sulfonamides is 1. The summed E-state index contributed by atoms with van der Waals surface area (Å²) in [5.41, 5.74) is 2.20. The highest BCUT2D eigenvalue weighted by molar-refractivity contribution is 7.89. The summed E-state index contributed by atoms with van der Waals surface area (Å²) in [7, 11) is -4.23. The molecule has 1 aromatic carbocycles. The molecular formula is C17H19FN2O7S. The lowest BCUT2D eigenvalue weighted by Crippen LogP contribution is -2.41. The highest BCUT2D eigenvalue weighted by Gasteiger charge is 2.20. The first-order valence-electron chi connectivity index (χ1n) is 8.13. The minimum Gasteiger partial charge on any atom is -0.491 e. The Kier molecular flexibility index (Phi) is 6.75. The fourth-order valence-corrected chi connectivity index (χ4v) is 3.12. The van der Waals surface area contributed by atoms with Crippen LogP contribution in [0.25, 0.3) is 0 Å². The summed E-state index contributed by atoms with van der Waals surface area (Å²) in [6, 6.07) is 4.39. The van der Waals surface area contributed by atoms with Crippen LogP contribution in [0.1, 0.15) is 34.7 Å². The van der Waals surface area contributed by atoms with Crippen LogP contribution in [-0.2, 0) is 14.8 Å². The number of rotatable bonds is 9. The standard InChI is InChI=1S/C17H19FN2O7S/c1-10-8-13(11(2)27-10)17(23)19-20-28(24,25)12-5-6-15(14(18)9-12)26-7-3-4-16(21)22/h5-6,8-9,20H,3-4,7H2,1-2H3,(H,19,23)(H,21,22). The van der Waals surface area contributed by atoms with E-state index in [1.807, 2.05) is 10.3 Å². The highest BCUT2D eigenvalue weighted by atomic mass is 32.2. The number of hydrazine groups is 1. The van der Waals surface area contributed by atoms with Crippen LogP contribution in [0.4, 0.5) is 4.39 Å². The van der Waals surface area contributed by atoms with E-state index in [4.69, 9.17) is 14.3 Å². The van der Waals surface area contributed by atoms with Crippen molar-refractivity contribution < 1.29 is 36.7 Å². The summed E-state index contributed by atoms with van der Waals surface area (Å²) >= 11 is 0. The van der Waals surface area contributed by atoms with Crippen molar-refractivity contribution in [2.24, 2.45) is 0 Å². The molecule has 0 fully saturated rings. The number of carboxylic acid groups (broad SMARTS) is 1. The second kappa shape index (κ2) is 8.85. The van der Waals surface area contributed by atoms with Crippen molar-refractivity contribution in [1.29, 1.82) is 0 Å². The molecule has 1 aromatic heterocycles. The summed E-state index contributed by atoms with van der Waals surface area (Å²) < 4.78 is 48.8. The Balaban J connectivity index is 2.01. The van der Waals surface area contributed by atoms with Gasteiger partial charge in [0.25, 0.3) is 15.9 Å². The number of benzene rings is 1. The molecule has 2 rings (SSSR count). The molecule has 0 aliphatic carbocycles. The molecule has 28 heavy (non-hydrogen) atoms. The van der Waals surface area contributed by atoms with E-state index in [9.17, 15) is 22.4 Å². The fraction of sp³-hybridized carbons (Fsp3) is 0.294. The minimum atomic E-state index is -4.23. The van der Waals surface area contributed by atoms with Gasteiger partial charge >= 0.3 is 5.97 Å². The van der Waals surface area contributed by atoms with E-state index in [2.05, 4.69) is 0 Å². The van der Waals surface area contributed by atoms with Gasteiger partial charge in [-0.15, -0.1) is 4.83 Å². The molecule has 1 heterocycles. The summed E-state index contributed by atoms with van der Waals surface area (Å²) in [5, 5.41) is 8.53. The second-order valence-corrected chi connectivity index (χ2v) is 7.51. The molecule has 11 heteroatoms. The average molecular weight is 414 g/mol. The van der Waals surface area contributed by atoms with E-state index in [0.717, 1.165) is 18.2 Å². The maximum atomic E-state index is 14.1. The van der Waals surface area contributed by atoms with Crippen LogP contribution in [0, 0.1) is 19.7 Å². The van der Waals surface area contributed by atoms with Crippen molar-refractivity contribution in [3.63, 3.8) is 0 Å². The largest absolute Gasteiger partial charge is 0.491 e. The van der Waals surface area contributed by atoms with Crippen molar-refractivity contribution in [3.05, 3.63) is 47.2 Å². The zero-order valence-corrected chi connectivity index (χ0v) is 15.9. The molecule has 152 valence electrons. The normalized spacial score (nSPS) is 11.2. The van der Waals surface area contributed by atoms with Crippen LogP contribution in [0.2, 0.25) is 0 Å². The summed E-state index contributed by atoms with van der Waals surface area (Å²) in [6.07, 6.45) is 0.0443. The lowest BCUT2D eigenvalue weighted by molar-refractivity contribution is -0.137. The van der Waals surface area contributed by atoms with Gasteiger partial charge in [-0.3, -0.25) is 15.0 Å². The van der Waals surface area contributed by atoms with Crippen LogP contribution < -0.4 is 15.0 Å². The quantitative estimate of drug-likeness (QED) is 0.421. The van der Waals surface area contributed by atoms with Crippen LogP contribution in [0.15, 0.2) is 33.6 Å². The number of hydrogen-bond donors (Lipinski definition) is 3.